The first-order chi connectivity index (χ1) is 9.47. The van der Waals surface area contributed by atoms with Crippen LogP contribution in [-0.2, 0) is 16.0 Å². The highest BCUT2D eigenvalue weighted by atomic mass is 16.3. The lowest BCUT2D eigenvalue weighted by molar-refractivity contribution is -0.130. The molecule has 0 aliphatic carbocycles. The molecule has 1 aromatic rings. The molecule has 1 rings (SSSR count). The van der Waals surface area contributed by atoms with E-state index in [0.717, 1.165) is 5.56 Å². The highest BCUT2D eigenvalue weighted by Crippen LogP contribution is 2.12. The third-order valence-electron chi connectivity index (χ3n) is 3.09. The molecule has 0 heterocycles. The maximum absolute atomic E-state index is 11.9. The maximum Gasteiger partial charge on any atom is 0.225 e. The number of aliphatic hydroxyl groups is 1. The van der Waals surface area contributed by atoms with E-state index in [-0.39, 0.29) is 23.9 Å². The minimum absolute atomic E-state index is 0.0879. The maximum atomic E-state index is 11.9. The van der Waals surface area contributed by atoms with E-state index in [9.17, 15) is 9.59 Å². The average molecular weight is 280 g/mol. The van der Waals surface area contributed by atoms with Crippen molar-refractivity contribution < 1.29 is 19.8 Å². The van der Waals surface area contributed by atoms with Gasteiger partial charge in [-0.1, -0.05) is 12.1 Å². The molecule has 0 fully saturated rings. The number of phenols is 1. The van der Waals surface area contributed by atoms with E-state index < -0.39 is 18.6 Å². The Hall–Kier alpha value is -1.92. The molecule has 1 amide bonds. The Morgan fingerprint density at radius 1 is 1.30 bits per heavy atom. The number of nitrogens with two attached hydrogens (primary N) is 1. The summed E-state index contributed by atoms with van der Waals surface area (Å²) in [6.45, 7) is -0.392. The summed E-state index contributed by atoms with van der Waals surface area (Å²) in [5.41, 5.74) is 6.63. The number of amides is 1. The van der Waals surface area contributed by atoms with Crippen LogP contribution in [0.25, 0.3) is 0 Å². The third kappa shape index (κ3) is 4.64. The lowest BCUT2D eigenvalue weighted by atomic mass is 9.95. The standard InChI is InChI=1S/C14H20N2O4/c1-16-14(20)10(8-17)7-13(19)12(15)6-9-2-4-11(18)5-3-9/h2-5,10,12,17-18H,6-8,15H2,1H3,(H,16,20)/t10-,12-/m0/s1. The first kappa shape index (κ1) is 16.1. The number of benzene rings is 1. The molecule has 0 aliphatic heterocycles. The Morgan fingerprint density at radius 2 is 1.90 bits per heavy atom. The Balaban J connectivity index is 2.58. The van der Waals surface area contributed by atoms with E-state index in [4.69, 9.17) is 15.9 Å². The first-order valence-corrected chi connectivity index (χ1v) is 6.36. The Labute approximate surface area is 117 Å². The van der Waals surface area contributed by atoms with Crippen LogP contribution < -0.4 is 11.1 Å². The van der Waals surface area contributed by atoms with E-state index >= 15 is 0 Å². The second kappa shape index (κ2) is 7.62. The van der Waals surface area contributed by atoms with Gasteiger partial charge in [-0.25, -0.2) is 0 Å². The van der Waals surface area contributed by atoms with Gasteiger partial charge in [-0.15, -0.1) is 0 Å². The van der Waals surface area contributed by atoms with E-state index in [1.165, 1.54) is 19.2 Å². The van der Waals surface area contributed by atoms with Crippen LogP contribution in [0, 0.1) is 5.92 Å². The smallest absolute Gasteiger partial charge is 0.225 e. The number of ketones is 1. The van der Waals surface area contributed by atoms with Crippen LogP contribution in [0.1, 0.15) is 12.0 Å². The monoisotopic (exact) mass is 280 g/mol. The van der Waals surface area contributed by atoms with Crippen LogP contribution in [0.5, 0.6) is 5.75 Å². The highest BCUT2D eigenvalue weighted by molar-refractivity contribution is 5.89. The number of carbonyl (C=O) groups is 2. The zero-order valence-electron chi connectivity index (χ0n) is 11.4. The number of aromatic hydroxyl groups is 1. The lowest BCUT2D eigenvalue weighted by Crippen LogP contribution is -2.38. The van der Waals surface area contributed by atoms with Crippen molar-refractivity contribution in [1.29, 1.82) is 0 Å². The summed E-state index contributed by atoms with van der Waals surface area (Å²) in [6.07, 6.45) is 0.237. The molecule has 0 unspecified atom stereocenters. The van der Waals surface area contributed by atoms with Crippen molar-refractivity contribution in [2.24, 2.45) is 11.7 Å². The Bertz CT molecular complexity index is 459. The van der Waals surface area contributed by atoms with Crippen LogP contribution in [0.2, 0.25) is 0 Å². The van der Waals surface area contributed by atoms with Gasteiger partial charge in [0.05, 0.1) is 18.6 Å². The molecule has 0 radical (unpaired) electrons. The third-order valence-corrected chi connectivity index (χ3v) is 3.09. The van der Waals surface area contributed by atoms with E-state index in [1.54, 1.807) is 12.1 Å². The van der Waals surface area contributed by atoms with E-state index in [1.807, 2.05) is 0 Å². The van der Waals surface area contributed by atoms with Crippen molar-refractivity contribution in [3.8, 4) is 5.75 Å². The number of hydrogen-bond acceptors (Lipinski definition) is 5. The number of nitrogens with one attached hydrogen (secondary N) is 1. The van der Waals surface area contributed by atoms with Crippen LogP contribution in [0.4, 0.5) is 0 Å². The number of aliphatic hydroxyl groups excluding tert-OH is 1. The van der Waals surface area contributed by atoms with Gasteiger partial charge in [0.25, 0.3) is 0 Å². The van der Waals surface area contributed by atoms with E-state index in [2.05, 4.69) is 5.32 Å². The molecule has 0 aromatic heterocycles. The van der Waals surface area contributed by atoms with Crippen molar-refractivity contribution in [2.75, 3.05) is 13.7 Å². The van der Waals surface area contributed by atoms with Crippen molar-refractivity contribution in [3.05, 3.63) is 29.8 Å². The summed E-state index contributed by atoms with van der Waals surface area (Å²) < 4.78 is 0. The molecular formula is C14H20N2O4. The quantitative estimate of drug-likeness (QED) is 0.541. The molecule has 0 bridgehead atoms. The molecule has 0 aliphatic rings. The summed E-state index contributed by atoms with van der Waals surface area (Å²) in [5.74, 6) is -1.27. The fourth-order valence-electron chi connectivity index (χ4n) is 1.84. The van der Waals surface area contributed by atoms with Crippen molar-refractivity contribution >= 4 is 11.7 Å². The van der Waals surface area contributed by atoms with Gasteiger partial charge in [0, 0.05) is 13.5 Å². The summed E-state index contributed by atoms with van der Waals surface area (Å²) in [7, 11) is 1.45. The zero-order valence-corrected chi connectivity index (χ0v) is 11.4. The van der Waals surface area contributed by atoms with Gasteiger partial charge in [-0.2, -0.15) is 0 Å². The van der Waals surface area contributed by atoms with Crippen LogP contribution in [-0.4, -0.2) is 41.6 Å². The average Bonchev–Trinajstić information content (AvgIpc) is 2.45. The zero-order chi connectivity index (χ0) is 15.1. The van der Waals surface area contributed by atoms with Gasteiger partial charge in [0.1, 0.15) is 5.75 Å². The van der Waals surface area contributed by atoms with Crippen molar-refractivity contribution in [1.82, 2.24) is 5.32 Å². The molecule has 6 heteroatoms. The molecule has 0 saturated heterocycles. The number of phenolic OH excluding ortho intramolecular Hbond substituents is 1. The molecule has 6 nitrogen and oxygen atoms in total. The van der Waals surface area contributed by atoms with Gasteiger partial charge < -0.3 is 21.3 Å². The lowest BCUT2D eigenvalue weighted by Gasteiger charge is -2.15. The van der Waals surface area contributed by atoms with Gasteiger partial charge in [0.15, 0.2) is 5.78 Å². The highest BCUT2D eigenvalue weighted by Gasteiger charge is 2.23. The van der Waals surface area contributed by atoms with E-state index in [0.29, 0.717) is 6.42 Å². The minimum atomic E-state index is -0.765. The van der Waals surface area contributed by atoms with Crippen LogP contribution in [0.3, 0.4) is 0 Å². The Kier molecular flexibility index (Phi) is 6.14. The number of carbonyl (C=O) groups excluding carboxylic acids is 2. The fourth-order valence-corrected chi connectivity index (χ4v) is 1.84. The molecular weight excluding hydrogens is 260 g/mol. The molecule has 0 spiro atoms. The van der Waals surface area contributed by atoms with Crippen molar-refractivity contribution in [3.63, 3.8) is 0 Å². The summed E-state index contributed by atoms with van der Waals surface area (Å²) in [5, 5.41) is 20.7. The predicted octanol–water partition coefficient (Wildman–Crippen LogP) is -0.424. The topological polar surface area (TPSA) is 113 Å². The van der Waals surface area contributed by atoms with Crippen LogP contribution >= 0.6 is 0 Å². The van der Waals surface area contributed by atoms with Gasteiger partial charge in [-0.3, -0.25) is 9.59 Å². The minimum Gasteiger partial charge on any atom is -0.508 e. The molecule has 2 atom stereocenters. The van der Waals surface area contributed by atoms with Gasteiger partial charge in [-0.05, 0) is 24.1 Å². The molecule has 1 aromatic carbocycles. The SMILES string of the molecule is CNC(=O)[C@H](CO)CC(=O)[C@@H](N)Cc1ccc(O)cc1. The van der Waals surface area contributed by atoms with Crippen molar-refractivity contribution in [2.45, 2.75) is 18.9 Å². The Morgan fingerprint density at radius 3 is 2.40 bits per heavy atom. The molecule has 0 saturated carbocycles. The number of rotatable bonds is 7. The predicted molar refractivity (Wildman–Crippen MR) is 74.1 cm³/mol. The normalized spacial score (nSPS) is 13.6. The summed E-state index contributed by atoms with van der Waals surface area (Å²) in [6, 6.07) is 5.68. The molecule has 110 valence electrons. The fraction of sp³-hybridized carbons (Fsp3) is 0.429. The van der Waals surface area contributed by atoms with Crippen LogP contribution in [0.15, 0.2) is 24.3 Å². The second-order valence-corrected chi connectivity index (χ2v) is 4.64. The summed E-state index contributed by atoms with van der Waals surface area (Å²) in [4.78, 5) is 23.3. The molecule has 20 heavy (non-hydrogen) atoms. The largest absolute Gasteiger partial charge is 0.508 e. The van der Waals surface area contributed by atoms with Gasteiger partial charge >= 0.3 is 0 Å². The molecule has 5 N–H and O–H groups in total. The number of Topliss-reactive ketones (excluding diaryl/α,β-unsaturated/α-hetero) is 1. The second-order valence-electron chi connectivity index (χ2n) is 4.64. The van der Waals surface area contributed by atoms with Gasteiger partial charge in [0.2, 0.25) is 5.91 Å². The summed E-state index contributed by atoms with van der Waals surface area (Å²) >= 11 is 0. The first-order valence-electron chi connectivity index (χ1n) is 6.36. The number of hydrogen-bond donors (Lipinski definition) is 4.